The lowest BCUT2D eigenvalue weighted by Crippen LogP contribution is -2.40. The maximum Gasteiger partial charge on any atom is 0.269 e. The Labute approximate surface area is 144 Å². The van der Waals surface area contributed by atoms with Crippen molar-refractivity contribution in [3.63, 3.8) is 0 Å². The Balaban J connectivity index is 1.90. The van der Waals surface area contributed by atoms with Gasteiger partial charge in [-0.25, -0.2) is 0 Å². The molecule has 0 saturated carbocycles. The lowest BCUT2D eigenvalue weighted by atomic mass is 10.0. The second kappa shape index (κ2) is 6.67. The lowest BCUT2D eigenvalue weighted by Gasteiger charge is -2.26. The molecule has 0 amide bonds. The summed E-state index contributed by atoms with van der Waals surface area (Å²) < 4.78 is 5.17. The second-order valence-electron chi connectivity index (χ2n) is 5.23. The molecule has 0 fully saturated rings. The zero-order valence-electron chi connectivity index (χ0n) is 12.9. The fourth-order valence-electron chi connectivity index (χ4n) is 2.47. The molecule has 7 heteroatoms. The van der Waals surface area contributed by atoms with Crippen molar-refractivity contribution in [1.29, 1.82) is 0 Å². The van der Waals surface area contributed by atoms with Crippen LogP contribution in [-0.4, -0.2) is 17.1 Å². The van der Waals surface area contributed by atoms with Crippen molar-refractivity contribution >= 4 is 28.7 Å². The van der Waals surface area contributed by atoms with Crippen molar-refractivity contribution < 1.29 is 9.66 Å². The van der Waals surface area contributed by atoms with E-state index in [-0.39, 0.29) is 11.7 Å². The van der Waals surface area contributed by atoms with E-state index in [0.717, 1.165) is 22.6 Å². The van der Waals surface area contributed by atoms with E-state index < -0.39 is 4.92 Å². The van der Waals surface area contributed by atoms with Crippen molar-refractivity contribution in [2.24, 2.45) is 0 Å². The molecule has 0 radical (unpaired) electrons. The SMILES string of the molecule is COc1ccc(C2C=C(c3ccc([N+](=O)[O-])cc3)NC(=S)N2)cc1. The molecule has 1 unspecified atom stereocenters. The topological polar surface area (TPSA) is 76.4 Å². The molecule has 1 atom stereocenters. The van der Waals surface area contributed by atoms with E-state index >= 15 is 0 Å². The van der Waals surface area contributed by atoms with Crippen LogP contribution in [0.1, 0.15) is 17.2 Å². The smallest absolute Gasteiger partial charge is 0.269 e. The highest BCUT2D eigenvalue weighted by atomic mass is 32.1. The predicted octanol–water partition coefficient (Wildman–Crippen LogP) is 3.16. The monoisotopic (exact) mass is 341 g/mol. The van der Waals surface area contributed by atoms with Crippen LogP contribution in [0, 0.1) is 10.1 Å². The molecule has 1 heterocycles. The maximum atomic E-state index is 10.8. The summed E-state index contributed by atoms with van der Waals surface area (Å²) in [6, 6.07) is 14.0. The third kappa shape index (κ3) is 3.36. The summed E-state index contributed by atoms with van der Waals surface area (Å²) in [5, 5.41) is 17.6. The van der Waals surface area contributed by atoms with Gasteiger partial charge in [0.1, 0.15) is 5.75 Å². The quantitative estimate of drug-likeness (QED) is 0.505. The number of nitrogens with one attached hydrogen (secondary N) is 2. The Hall–Kier alpha value is -2.93. The molecule has 0 aromatic heterocycles. The van der Waals surface area contributed by atoms with Gasteiger partial charge in [-0.1, -0.05) is 12.1 Å². The number of nitro groups is 1. The first kappa shape index (κ1) is 15.9. The van der Waals surface area contributed by atoms with Gasteiger partial charge in [0.15, 0.2) is 5.11 Å². The molecule has 0 saturated heterocycles. The van der Waals surface area contributed by atoms with Crippen LogP contribution < -0.4 is 15.4 Å². The number of benzene rings is 2. The van der Waals surface area contributed by atoms with E-state index in [1.807, 2.05) is 30.3 Å². The van der Waals surface area contributed by atoms with E-state index in [1.165, 1.54) is 12.1 Å². The van der Waals surface area contributed by atoms with Crippen molar-refractivity contribution in [2.75, 3.05) is 7.11 Å². The molecule has 1 aliphatic rings. The number of methoxy groups -OCH3 is 1. The molecular formula is C17H15N3O3S. The molecule has 1 aliphatic heterocycles. The number of non-ortho nitro benzene ring substituents is 1. The minimum atomic E-state index is -0.418. The summed E-state index contributed by atoms with van der Waals surface area (Å²) in [7, 11) is 1.62. The molecule has 0 spiro atoms. The van der Waals surface area contributed by atoms with Gasteiger partial charge in [-0.2, -0.15) is 0 Å². The van der Waals surface area contributed by atoms with Crippen molar-refractivity contribution in [1.82, 2.24) is 10.6 Å². The molecule has 0 aliphatic carbocycles. The molecule has 2 aromatic carbocycles. The Morgan fingerprint density at radius 1 is 1.12 bits per heavy atom. The van der Waals surface area contributed by atoms with Gasteiger partial charge in [-0.15, -0.1) is 0 Å². The first-order valence-electron chi connectivity index (χ1n) is 7.25. The second-order valence-corrected chi connectivity index (χ2v) is 5.64. The predicted molar refractivity (Wildman–Crippen MR) is 95.7 cm³/mol. The van der Waals surface area contributed by atoms with Crippen LogP contribution in [-0.2, 0) is 0 Å². The summed E-state index contributed by atoms with van der Waals surface area (Å²) in [6.45, 7) is 0. The van der Waals surface area contributed by atoms with Crippen LogP contribution in [0.5, 0.6) is 5.75 Å². The average Bonchev–Trinajstić information content (AvgIpc) is 2.61. The van der Waals surface area contributed by atoms with Gasteiger partial charge in [0.25, 0.3) is 5.69 Å². The Kier molecular flexibility index (Phi) is 4.43. The highest BCUT2D eigenvalue weighted by Gasteiger charge is 2.19. The zero-order valence-corrected chi connectivity index (χ0v) is 13.7. The van der Waals surface area contributed by atoms with E-state index in [0.29, 0.717) is 5.11 Å². The van der Waals surface area contributed by atoms with Crippen LogP contribution in [0.4, 0.5) is 5.69 Å². The van der Waals surface area contributed by atoms with Gasteiger partial charge >= 0.3 is 0 Å². The Morgan fingerprint density at radius 2 is 1.79 bits per heavy atom. The first-order chi connectivity index (χ1) is 11.6. The third-order valence-electron chi connectivity index (χ3n) is 3.73. The van der Waals surface area contributed by atoms with Gasteiger partial charge in [-0.3, -0.25) is 10.1 Å². The molecule has 0 bridgehead atoms. The minimum absolute atomic E-state index is 0.0579. The van der Waals surface area contributed by atoms with Crippen LogP contribution in [0.3, 0.4) is 0 Å². The Bertz CT molecular complexity index is 801. The van der Waals surface area contributed by atoms with E-state index in [4.69, 9.17) is 17.0 Å². The minimum Gasteiger partial charge on any atom is -0.497 e. The van der Waals surface area contributed by atoms with Gasteiger partial charge in [0, 0.05) is 17.8 Å². The first-order valence-corrected chi connectivity index (χ1v) is 7.66. The van der Waals surface area contributed by atoms with Crippen molar-refractivity contribution in [3.05, 3.63) is 75.8 Å². The zero-order chi connectivity index (χ0) is 17.1. The molecule has 122 valence electrons. The van der Waals surface area contributed by atoms with Gasteiger partial charge < -0.3 is 15.4 Å². The fourth-order valence-corrected chi connectivity index (χ4v) is 2.71. The number of hydrogen-bond acceptors (Lipinski definition) is 4. The molecule has 6 nitrogen and oxygen atoms in total. The number of hydrogen-bond donors (Lipinski definition) is 2. The van der Waals surface area contributed by atoms with Crippen molar-refractivity contribution in [3.8, 4) is 5.75 Å². The molecular weight excluding hydrogens is 326 g/mol. The van der Waals surface area contributed by atoms with E-state index in [9.17, 15) is 10.1 Å². The number of nitro benzene ring substituents is 1. The normalized spacial score (nSPS) is 16.6. The number of thiocarbonyl (C=S) groups is 1. The van der Waals surface area contributed by atoms with E-state index in [1.54, 1.807) is 19.2 Å². The van der Waals surface area contributed by atoms with Crippen molar-refractivity contribution in [2.45, 2.75) is 6.04 Å². The number of nitrogens with zero attached hydrogens (tertiary/aromatic N) is 1. The molecule has 2 N–H and O–H groups in total. The summed E-state index contributed by atoms with van der Waals surface area (Å²) in [4.78, 5) is 10.3. The van der Waals surface area contributed by atoms with Gasteiger partial charge in [-0.05, 0) is 53.7 Å². The summed E-state index contributed by atoms with van der Waals surface area (Å²) in [6.07, 6.45) is 2.00. The van der Waals surface area contributed by atoms with Crippen LogP contribution in [0.15, 0.2) is 54.6 Å². The maximum absolute atomic E-state index is 10.8. The summed E-state index contributed by atoms with van der Waals surface area (Å²) >= 11 is 5.28. The largest absolute Gasteiger partial charge is 0.497 e. The third-order valence-corrected chi connectivity index (χ3v) is 3.95. The lowest BCUT2D eigenvalue weighted by molar-refractivity contribution is -0.384. The van der Waals surface area contributed by atoms with Crippen LogP contribution in [0.25, 0.3) is 5.70 Å². The van der Waals surface area contributed by atoms with Crippen LogP contribution in [0.2, 0.25) is 0 Å². The standard InChI is InChI=1S/C17H15N3O3S/c1-23-14-8-4-12(5-9-14)16-10-15(18-17(24)19-16)11-2-6-13(7-3-11)20(21)22/h2-10,16H,1H3,(H2,18,19,24). The number of rotatable bonds is 4. The van der Waals surface area contributed by atoms with Crippen LogP contribution >= 0.6 is 12.2 Å². The fraction of sp³-hybridized carbons (Fsp3) is 0.118. The van der Waals surface area contributed by atoms with Gasteiger partial charge in [0.2, 0.25) is 0 Å². The molecule has 3 rings (SSSR count). The Morgan fingerprint density at radius 3 is 2.38 bits per heavy atom. The summed E-state index contributed by atoms with van der Waals surface area (Å²) in [5.41, 5.74) is 2.75. The molecule has 24 heavy (non-hydrogen) atoms. The highest BCUT2D eigenvalue weighted by molar-refractivity contribution is 7.80. The van der Waals surface area contributed by atoms with E-state index in [2.05, 4.69) is 10.6 Å². The number of ether oxygens (including phenoxy) is 1. The molecule has 2 aromatic rings. The highest BCUT2D eigenvalue weighted by Crippen LogP contribution is 2.25. The van der Waals surface area contributed by atoms with Gasteiger partial charge in [0.05, 0.1) is 18.1 Å². The average molecular weight is 341 g/mol. The summed E-state index contributed by atoms with van der Waals surface area (Å²) in [5.74, 6) is 0.787.